The van der Waals surface area contributed by atoms with Gasteiger partial charge in [-0.15, -0.1) is 0 Å². The highest BCUT2D eigenvalue weighted by Crippen LogP contribution is 2.26. The van der Waals surface area contributed by atoms with E-state index in [4.69, 9.17) is 0 Å². The summed E-state index contributed by atoms with van der Waals surface area (Å²) in [7, 11) is -3.56. The van der Waals surface area contributed by atoms with Crippen LogP contribution in [0.25, 0.3) is 10.9 Å². The van der Waals surface area contributed by atoms with Crippen LogP contribution in [0.5, 0.6) is 0 Å². The van der Waals surface area contributed by atoms with Gasteiger partial charge in [-0.05, 0) is 36.5 Å². The SMILES string of the molecule is Cc1cnc2c(S(=O)(=O)N(CC(C)C)CC(C)C)cccc2c1. The van der Waals surface area contributed by atoms with Crippen molar-refractivity contribution in [2.75, 3.05) is 13.1 Å². The standard InChI is InChI=1S/C18H26N2O2S/c1-13(2)11-20(12-14(3)4)23(21,22)17-8-6-7-16-9-15(5)10-19-18(16)17/h6-10,13-14H,11-12H2,1-5H3. The van der Waals surface area contributed by atoms with E-state index < -0.39 is 10.0 Å². The highest BCUT2D eigenvalue weighted by atomic mass is 32.2. The first-order valence-corrected chi connectivity index (χ1v) is 9.51. The zero-order chi connectivity index (χ0) is 17.2. The Morgan fingerprint density at radius 1 is 1.09 bits per heavy atom. The highest BCUT2D eigenvalue weighted by Gasteiger charge is 2.28. The lowest BCUT2D eigenvalue weighted by atomic mass is 10.2. The Morgan fingerprint density at radius 3 is 2.26 bits per heavy atom. The fraction of sp³-hybridized carbons (Fsp3) is 0.500. The van der Waals surface area contributed by atoms with Crippen molar-refractivity contribution in [2.24, 2.45) is 11.8 Å². The van der Waals surface area contributed by atoms with Crippen molar-refractivity contribution in [3.63, 3.8) is 0 Å². The van der Waals surface area contributed by atoms with Crippen LogP contribution in [0.4, 0.5) is 0 Å². The fourth-order valence-electron chi connectivity index (χ4n) is 2.68. The van der Waals surface area contributed by atoms with Gasteiger partial charge >= 0.3 is 0 Å². The predicted molar refractivity (Wildman–Crippen MR) is 94.9 cm³/mol. The van der Waals surface area contributed by atoms with E-state index >= 15 is 0 Å². The van der Waals surface area contributed by atoms with Crippen molar-refractivity contribution in [3.8, 4) is 0 Å². The Kier molecular flexibility index (Phi) is 5.42. The van der Waals surface area contributed by atoms with Gasteiger partial charge in [0.25, 0.3) is 0 Å². The van der Waals surface area contributed by atoms with E-state index in [0.717, 1.165) is 10.9 Å². The molecule has 0 unspecified atom stereocenters. The number of benzene rings is 1. The van der Waals surface area contributed by atoms with Crippen LogP contribution in [-0.2, 0) is 10.0 Å². The van der Waals surface area contributed by atoms with Gasteiger partial charge in [0.15, 0.2) is 0 Å². The van der Waals surface area contributed by atoms with Crippen LogP contribution < -0.4 is 0 Å². The molecule has 1 heterocycles. The fourth-order valence-corrected chi connectivity index (χ4v) is 4.61. The number of aromatic nitrogens is 1. The summed E-state index contributed by atoms with van der Waals surface area (Å²) in [6.45, 7) is 11.1. The van der Waals surface area contributed by atoms with Gasteiger partial charge in [0.05, 0.1) is 5.52 Å². The zero-order valence-corrected chi connectivity index (χ0v) is 15.4. The molecule has 2 rings (SSSR count). The molecule has 0 aliphatic heterocycles. The minimum atomic E-state index is -3.56. The molecule has 0 amide bonds. The molecule has 0 bridgehead atoms. The molecule has 126 valence electrons. The monoisotopic (exact) mass is 334 g/mol. The molecular weight excluding hydrogens is 308 g/mol. The summed E-state index contributed by atoms with van der Waals surface area (Å²) in [4.78, 5) is 4.68. The maximum absolute atomic E-state index is 13.2. The summed E-state index contributed by atoms with van der Waals surface area (Å²) in [5, 5.41) is 0.861. The third kappa shape index (κ3) is 4.09. The van der Waals surface area contributed by atoms with Crippen molar-refractivity contribution < 1.29 is 8.42 Å². The van der Waals surface area contributed by atoms with Gasteiger partial charge in [0.2, 0.25) is 10.0 Å². The molecular formula is C18H26N2O2S. The quantitative estimate of drug-likeness (QED) is 0.806. The van der Waals surface area contributed by atoms with Gasteiger partial charge in [0, 0.05) is 24.7 Å². The molecule has 0 saturated heterocycles. The van der Waals surface area contributed by atoms with Crippen molar-refractivity contribution >= 4 is 20.9 Å². The first kappa shape index (κ1) is 17.9. The van der Waals surface area contributed by atoms with E-state index in [1.54, 1.807) is 22.6 Å². The number of nitrogens with zero attached hydrogens (tertiary/aromatic N) is 2. The van der Waals surface area contributed by atoms with Crippen molar-refractivity contribution in [1.29, 1.82) is 0 Å². The Morgan fingerprint density at radius 2 is 1.70 bits per heavy atom. The maximum atomic E-state index is 13.2. The van der Waals surface area contributed by atoms with Crippen LogP contribution in [0.3, 0.4) is 0 Å². The van der Waals surface area contributed by atoms with Gasteiger partial charge < -0.3 is 0 Å². The minimum absolute atomic E-state index is 0.272. The number of aryl methyl sites for hydroxylation is 1. The Bertz CT molecular complexity index is 773. The maximum Gasteiger partial charge on any atom is 0.245 e. The molecule has 4 nitrogen and oxygen atoms in total. The predicted octanol–water partition coefficient (Wildman–Crippen LogP) is 3.85. The molecule has 0 radical (unpaired) electrons. The van der Waals surface area contributed by atoms with Crippen LogP contribution in [0, 0.1) is 18.8 Å². The molecule has 0 spiro atoms. The molecule has 0 fully saturated rings. The van der Waals surface area contributed by atoms with Crippen molar-refractivity contribution in [3.05, 3.63) is 36.0 Å². The molecule has 5 heteroatoms. The van der Waals surface area contributed by atoms with E-state index in [0.29, 0.717) is 23.5 Å². The molecule has 0 aliphatic carbocycles. The Labute approximate surface area is 139 Å². The number of hydrogen-bond acceptors (Lipinski definition) is 3. The summed E-state index contributed by atoms with van der Waals surface area (Å²) >= 11 is 0. The van der Waals surface area contributed by atoms with E-state index in [1.165, 1.54) is 0 Å². The topological polar surface area (TPSA) is 50.3 Å². The lowest BCUT2D eigenvalue weighted by molar-refractivity contribution is 0.333. The van der Waals surface area contributed by atoms with Crippen LogP contribution in [0.15, 0.2) is 35.4 Å². The van der Waals surface area contributed by atoms with Gasteiger partial charge in [-0.2, -0.15) is 4.31 Å². The van der Waals surface area contributed by atoms with Gasteiger partial charge in [0.1, 0.15) is 4.90 Å². The first-order valence-electron chi connectivity index (χ1n) is 8.07. The third-order valence-corrected chi connectivity index (χ3v) is 5.43. The molecule has 0 aliphatic rings. The first-order chi connectivity index (χ1) is 10.7. The summed E-state index contributed by atoms with van der Waals surface area (Å²) in [6.07, 6.45) is 1.72. The average Bonchev–Trinajstić information content (AvgIpc) is 2.44. The molecule has 0 N–H and O–H groups in total. The number of para-hydroxylation sites is 1. The summed E-state index contributed by atoms with van der Waals surface area (Å²) < 4.78 is 28.0. The number of sulfonamides is 1. The van der Waals surface area contributed by atoms with Gasteiger partial charge in [-0.1, -0.05) is 39.8 Å². The second-order valence-electron chi connectivity index (χ2n) is 6.95. The van der Waals surface area contributed by atoms with E-state index in [9.17, 15) is 8.42 Å². The lowest BCUT2D eigenvalue weighted by Gasteiger charge is -2.26. The van der Waals surface area contributed by atoms with Crippen LogP contribution in [0.1, 0.15) is 33.3 Å². The van der Waals surface area contributed by atoms with Crippen molar-refractivity contribution in [2.45, 2.75) is 39.5 Å². The molecule has 1 aromatic carbocycles. The van der Waals surface area contributed by atoms with Crippen molar-refractivity contribution in [1.82, 2.24) is 9.29 Å². The molecule has 0 saturated carbocycles. The number of fused-ring (bicyclic) bond motifs is 1. The number of rotatable bonds is 6. The minimum Gasteiger partial charge on any atom is -0.255 e. The Balaban J connectivity index is 2.56. The zero-order valence-electron chi connectivity index (χ0n) is 14.6. The average molecular weight is 334 g/mol. The summed E-state index contributed by atoms with van der Waals surface area (Å²) in [6, 6.07) is 7.33. The second kappa shape index (κ2) is 6.97. The largest absolute Gasteiger partial charge is 0.255 e. The number of hydrogen-bond donors (Lipinski definition) is 0. The van der Waals surface area contributed by atoms with Gasteiger partial charge in [-0.3, -0.25) is 4.98 Å². The number of pyridine rings is 1. The normalized spacial score (nSPS) is 12.7. The van der Waals surface area contributed by atoms with Crippen LogP contribution >= 0.6 is 0 Å². The third-order valence-electron chi connectivity index (χ3n) is 3.57. The molecule has 1 aromatic heterocycles. The van der Waals surface area contributed by atoms with E-state index in [-0.39, 0.29) is 11.8 Å². The Hall–Kier alpha value is -1.46. The van der Waals surface area contributed by atoms with Crippen LogP contribution in [0.2, 0.25) is 0 Å². The highest BCUT2D eigenvalue weighted by molar-refractivity contribution is 7.89. The molecule has 0 atom stereocenters. The molecule has 23 heavy (non-hydrogen) atoms. The molecule has 2 aromatic rings. The summed E-state index contributed by atoms with van der Waals surface area (Å²) in [5.74, 6) is 0.544. The van der Waals surface area contributed by atoms with E-state index in [2.05, 4.69) is 4.98 Å². The van der Waals surface area contributed by atoms with Gasteiger partial charge in [-0.25, -0.2) is 8.42 Å². The van der Waals surface area contributed by atoms with E-state index in [1.807, 2.05) is 46.8 Å². The lowest BCUT2D eigenvalue weighted by Crippen LogP contribution is -2.37. The second-order valence-corrected chi connectivity index (χ2v) is 8.86. The smallest absolute Gasteiger partial charge is 0.245 e. The van der Waals surface area contributed by atoms with Crippen LogP contribution in [-0.4, -0.2) is 30.8 Å². The summed E-state index contributed by atoms with van der Waals surface area (Å²) in [5.41, 5.74) is 1.57.